The zero-order valence-corrected chi connectivity index (χ0v) is 20.5. The number of carbonyl (C=O) groups excluding carboxylic acids is 3. The molecule has 4 amide bonds. The smallest absolute Gasteiger partial charge is 0.325 e. The fraction of sp³-hybridized carbons (Fsp3) is 0.370. The van der Waals surface area contributed by atoms with Crippen molar-refractivity contribution in [1.82, 2.24) is 20.4 Å². The predicted octanol–water partition coefficient (Wildman–Crippen LogP) is 2.70. The van der Waals surface area contributed by atoms with Gasteiger partial charge in [0.2, 0.25) is 5.91 Å². The number of urea groups is 1. The van der Waals surface area contributed by atoms with Crippen molar-refractivity contribution >= 4 is 28.6 Å². The Morgan fingerprint density at radius 1 is 1.08 bits per heavy atom. The zero-order chi connectivity index (χ0) is 25.3. The van der Waals surface area contributed by atoms with Gasteiger partial charge in [0.05, 0.1) is 19.3 Å². The average Bonchev–Trinajstić information content (AvgIpc) is 3.41. The summed E-state index contributed by atoms with van der Waals surface area (Å²) in [5.74, 6) is 0.683. The Hall–Kier alpha value is -3.69. The third-order valence-electron chi connectivity index (χ3n) is 6.97. The third kappa shape index (κ3) is 4.59. The molecule has 36 heavy (non-hydrogen) atoms. The van der Waals surface area contributed by atoms with Crippen LogP contribution in [0.25, 0.3) is 10.8 Å². The van der Waals surface area contributed by atoms with E-state index in [9.17, 15) is 14.4 Å². The van der Waals surface area contributed by atoms with E-state index in [1.54, 1.807) is 6.92 Å². The summed E-state index contributed by atoms with van der Waals surface area (Å²) >= 11 is 0. The highest BCUT2D eigenvalue weighted by Crippen LogP contribution is 2.31. The Labute approximate surface area is 209 Å². The van der Waals surface area contributed by atoms with Crippen molar-refractivity contribution in [3.8, 4) is 0 Å². The van der Waals surface area contributed by atoms with E-state index in [1.165, 1.54) is 0 Å². The number of imide groups is 1. The summed E-state index contributed by atoms with van der Waals surface area (Å²) in [6.45, 7) is 6.14. The van der Waals surface area contributed by atoms with Gasteiger partial charge >= 0.3 is 6.03 Å². The maximum Gasteiger partial charge on any atom is 0.325 e. The van der Waals surface area contributed by atoms with Gasteiger partial charge < -0.3 is 19.8 Å². The molecule has 9 nitrogen and oxygen atoms in total. The summed E-state index contributed by atoms with van der Waals surface area (Å²) in [4.78, 5) is 42.2. The van der Waals surface area contributed by atoms with E-state index < -0.39 is 23.4 Å². The minimum atomic E-state index is -1.25. The van der Waals surface area contributed by atoms with Crippen LogP contribution >= 0.6 is 0 Å². The Bertz CT molecular complexity index is 1300. The van der Waals surface area contributed by atoms with Gasteiger partial charge in [-0.05, 0) is 48.4 Å². The maximum atomic E-state index is 13.3. The minimum Gasteiger partial charge on any atom is -0.465 e. The number of hydrogen-bond acceptors (Lipinski definition) is 6. The third-order valence-corrected chi connectivity index (χ3v) is 6.97. The van der Waals surface area contributed by atoms with Crippen molar-refractivity contribution in [2.75, 3.05) is 39.4 Å². The quantitative estimate of drug-likeness (QED) is 0.494. The average molecular weight is 491 g/mol. The van der Waals surface area contributed by atoms with Crippen LogP contribution in [0.4, 0.5) is 4.79 Å². The van der Waals surface area contributed by atoms with E-state index in [0.29, 0.717) is 18.8 Å². The molecular weight excluding hydrogens is 460 g/mol. The summed E-state index contributed by atoms with van der Waals surface area (Å²) in [5.41, 5.74) is -0.577. The minimum absolute atomic E-state index is 0.169. The fourth-order valence-electron chi connectivity index (χ4n) is 4.88. The lowest BCUT2D eigenvalue weighted by atomic mass is 9.90. The van der Waals surface area contributed by atoms with Gasteiger partial charge in [0, 0.05) is 19.6 Å². The summed E-state index contributed by atoms with van der Waals surface area (Å²) in [6, 6.07) is 16.5. The molecule has 0 saturated carbocycles. The number of rotatable bonds is 7. The number of hydrogen-bond donors (Lipinski definition) is 2. The van der Waals surface area contributed by atoms with Crippen LogP contribution in [0.5, 0.6) is 0 Å². The van der Waals surface area contributed by atoms with Gasteiger partial charge in [-0.3, -0.25) is 19.4 Å². The van der Waals surface area contributed by atoms with Crippen molar-refractivity contribution in [2.45, 2.75) is 25.4 Å². The molecule has 188 valence electrons. The van der Waals surface area contributed by atoms with Gasteiger partial charge in [-0.25, -0.2) is 4.79 Å². The molecule has 2 atom stereocenters. The van der Waals surface area contributed by atoms with E-state index in [0.717, 1.165) is 40.3 Å². The monoisotopic (exact) mass is 490 g/mol. The first kappa shape index (κ1) is 24.0. The fourth-order valence-corrected chi connectivity index (χ4v) is 4.88. The van der Waals surface area contributed by atoms with Crippen LogP contribution in [-0.2, 0) is 19.9 Å². The highest BCUT2D eigenvalue weighted by atomic mass is 16.5. The van der Waals surface area contributed by atoms with Gasteiger partial charge in [-0.1, -0.05) is 36.4 Å². The molecule has 1 aromatic heterocycles. The number of aryl methyl sites for hydroxylation is 1. The normalized spacial score (nSPS) is 21.6. The van der Waals surface area contributed by atoms with E-state index >= 15 is 0 Å². The number of carbonyl (C=O) groups is 3. The second-order valence-electron chi connectivity index (χ2n) is 9.43. The highest BCUT2D eigenvalue weighted by molar-refractivity contribution is 6.09. The maximum absolute atomic E-state index is 13.3. The van der Waals surface area contributed by atoms with E-state index in [2.05, 4.69) is 15.5 Å². The molecule has 2 N–H and O–H groups in total. The van der Waals surface area contributed by atoms with Crippen LogP contribution in [-0.4, -0.2) is 67.0 Å². The Morgan fingerprint density at radius 2 is 1.83 bits per heavy atom. The van der Waals surface area contributed by atoms with Crippen molar-refractivity contribution in [3.63, 3.8) is 0 Å². The summed E-state index contributed by atoms with van der Waals surface area (Å²) in [5, 5.41) is 7.68. The van der Waals surface area contributed by atoms with Gasteiger partial charge in [0.15, 0.2) is 0 Å². The molecule has 5 rings (SSSR count). The predicted molar refractivity (Wildman–Crippen MR) is 133 cm³/mol. The molecule has 2 aromatic carbocycles. The van der Waals surface area contributed by atoms with E-state index in [-0.39, 0.29) is 19.1 Å². The summed E-state index contributed by atoms with van der Waals surface area (Å²) < 4.78 is 11.3. The topological polar surface area (TPSA) is 104 Å². The number of amides is 4. The van der Waals surface area contributed by atoms with Gasteiger partial charge in [-0.15, -0.1) is 0 Å². The second-order valence-corrected chi connectivity index (χ2v) is 9.43. The molecule has 3 heterocycles. The summed E-state index contributed by atoms with van der Waals surface area (Å²) in [7, 11) is 0. The van der Waals surface area contributed by atoms with Gasteiger partial charge in [-0.2, -0.15) is 0 Å². The van der Waals surface area contributed by atoms with Crippen molar-refractivity contribution in [3.05, 3.63) is 71.7 Å². The second kappa shape index (κ2) is 9.75. The van der Waals surface area contributed by atoms with Gasteiger partial charge in [0.25, 0.3) is 5.91 Å². The lowest BCUT2D eigenvalue weighted by Crippen LogP contribution is -2.46. The molecule has 0 aliphatic carbocycles. The molecule has 2 unspecified atom stereocenters. The first-order valence-electron chi connectivity index (χ1n) is 12.1. The molecule has 0 radical (unpaired) electrons. The molecule has 0 bridgehead atoms. The summed E-state index contributed by atoms with van der Waals surface area (Å²) in [6.07, 6.45) is 0. The molecule has 9 heteroatoms. The van der Waals surface area contributed by atoms with Crippen LogP contribution in [0.2, 0.25) is 0 Å². The molecule has 2 aliphatic rings. The number of fused-ring (bicyclic) bond motifs is 1. The van der Waals surface area contributed by atoms with Crippen LogP contribution in [0, 0.1) is 6.92 Å². The molecule has 2 saturated heterocycles. The first-order chi connectivity index (χ1) is 17.3. The Kier molecular flexibility index (Phi) is 6.51. The molecule has 2 fully saturated rings. The van der Waals surface area contributed by atoms with Crippen molar-refractivity contribution in [2.24, 2.45) is 0 Å². The zero-order valence-electron chi connectivity index (χ0n) is 20.5. The first-order valence-corrected chi connectivity index (χ1v) is 12.1. The standard InChI is InChI=1S/C27H30N4O5/c1-18-7-10-23(36-18)22(30-11-13-35-14-12-30)16-28-24(32)17-31-25(33)27(2,29-26(31)34)21-9-8-19-5-3-4-6-20(19)15-21/h3-10,15,22H,11-14,16-17H2,1-2H3,(H,28,32)(H,29,34). The number of nitrogens with zero attached hydrogens (tertiary/aromatic N) is 2. The van der Waals surface area contributed by atoms with Gasteiger partial charge in [0.1, 0.15) is 23.6 Å². The van der Waals surface area contributed by atoms with Crippen molar-refractivity contribution < 1.29 is 23.5 Å². The Morgan fingerprint density at radius 3 is 2.56 bits per heavy atom. The highest BCUT2D eigenvalue weighted by Gasteiger charge is 2.49. The SMILES string of the molecule is Cc1ccc(C(CNC(=O)CN2C(=O)NC(C)(c3ccc4ccccc4c3)C2=O)N2CCOCC2)o1. The molecule has 3 aromatic rings. The number of ether oxygens (including phenoxy) is 1. The van der Waals surface area contributed by atoms with E-state index in [1.807, 2.05) is 61.5 Å². The number of furan rings is 1. The van der Waals surface area contributed by atoms with Crippen molar-refractivity contribution in [1.29, 1.82) is 0 Å². The van der Waals surface area contributed by atoms with Crippen LogP contribution in [0.15, 0.2) is 59.0 Å². The number of nitrogens with one attached hydrogen (secondary N) is 2. The molecule has 0 spiro atoms. The largest absolute Gasteiger partial charge is 0.465 e. The molecule has 2 aliphatic heterocycles. The molecular formula is C27H30N4O5. The van der Waals surface area contributed by atoms with E-state index in [4.69, 9.17) is 9.15 Å². The van der Waals surface area contributed by atoms with Crippen LogP contribution in [0.3, 0.4) is 0 Å². The number of benzene rings is 2. The Balaban J connectivity index is 1.27. The lowest BCUT2D eigenvalue weighted by molar-refractivity contribution is -0.134. The number of morpholine rings is 1. The van der Waals surface area contributed by atoms with Crippen LogP contribution in [0.1, 0.15) is 30.0 Å². The lowest BCUT2D eigenvalue weighted by Gasteiger charge is -2.33. The van der Waals surface area contributed by atoms with Crippen LogP contribution < -0.4 is 10.6 Å².